The Hall–Kier alpha value is -0.800. The third-order valence-electron chi connectivity index (χ3n) is 2.68. The van der Waals surface area contributed by atoms with Crippen molar-refractivity contribution in [2.45, 2.75) is 13.1 Å². The van der Waals surface area contributed by atoms with Crippen LogP contribution in [0.2, 0.25) is 15.2 Å². The van der Waals surface area contributed by atoms with Crippen LogP contribution >= 0.6 is 34.8 Å². The minimum Gasteiger partial charge on any atom is -0.298 e. The van der Waals surface area contributed by atoms with Crippen molar-refractivity contribution in [3.8, 4) is 0 Å². The monoisotopic (exact) mass is 314 g/mol. The third-order valence-corrected chi connectivity index (χ3v) is 3.47. The van der Waals surface area contributed by atoms with Crippen molar-refractivity contribution in [2.24, 2.45) is 0 Å². The summed E-state index contributed by atoms with van der Waals surface area (Å²) in [5, 5.41) is 1.79. The van der Waals surface area contributed by atoms with Gasteiger partial charge in [-0.1, -0.05) is 46.9 Å². The van der Waals surface area contributed by atoms with Crippen molar-refractivity contribution >= 4 is 34.8 Å². The molecule has 5 heteroatoms. The molecule has 0 unspecified atom stereocenters. The molecule has 1 heterocycles. The average Bonchev–Trinajstić information content (AvgIpc) is 2.33. The number of hydrogen-bond acceptors (Lipinski definition) is 2. The fourth-order valence-electron chi connectivity index (χ4n) is 1.85. The highest BCUT2D eigenvalue weighted by Gasteiger charge is 2.07. The van der Waals surface area contributed by atoms with Crippen molar-refractivity contribution in [1.29, 1.82) is 0 Å². The zero-order valence-corrected chi connectivity index (χ0v) is 12.7. The normalized spacial score (nSPS) is 11.0. The predicted molar refractivity (Wildman–Crippen MR) is 80.9 cm³/mol. The van der Waals surface area contributed by atoms with E-state index >= 15 is 0 Å². The van der Waals surface area contributed by atoms with Gasteiger partial charge in [0.05, 0.1) is 0 Å². The van der Waals surface area contributed by atoms with Gasteiger partial charge in [0.2, 0.25) is 0 Å². The Morgan fingerprint density at radius 2 is 1.89 bits per heavy atom. The number of hydrogen-bond donors (Lipinski definition) is 0. The van der Waals surface area contributed by atoms with E-state index in [1.807, 2.05) is 31.3 Å². The van der Waals surface area contributed by atoms with E-state index in [1.165, 1.54) is 0 Å². The molecule has 0 fully saturated rings. The summed E-state index contributed by atoms with van der Waals surface area (Å²) in [6, 6.07) is 9.48. The Balaban J connectivity index is 2.03. The summed E-state index contributed by atoms with van der Waals surface area (Å²) in [6.45, 7) is 1.50. The van der Waals surface area contributed by atoms with Gasteiger partial charge in [-0.25, -0.2) is 4.98 Å². The van der Waals surface area contributed by atoms with Gasteiger partial charge in [0.1, 0.15) is 5.15 Å². The fourth-order valence-corrected chi connectivity index (χ4v) is 2.48. The molecular formula is C14H13Cl3N2. The number of halogens is 3. The van der Waals surface area contributed by atoms with E-state index in [4.69, 9.17) is 34.8 Å². The highest BCUT2D eigenvalue weighted by molar-refractivity contribution is 6.34. The summed E-state index contributed by atoms with van der Waals surface area (Å²) in [7, 11) is 2.02. The predicted octanol–water partition coefficient (Wildman–Crippen LogP) is 4.67. The molecular weight excluding hydrogens is 303 g/mol. The van der Waals surface area contributed by atoms with E-state index in [0.717, 1.165) is 22.7 Å². The molecule has 19 heavy (non-hydrogen) atoms. The SMILES string of the molecule is CN(Cc1cccc(Cl)c1)Cc1cnc(Cl)cc1Cl. The maximum atomic E-state index is 6.13. The molecule has 0 atom stereocenters. The third kappa shape index (κ3) is 4.36. The topological polar surface area (TPSA) is 16.1 Å². The van der Waals surface area contributed by atoms with E-state index in [-0.39, 0.29) is 0 Å². The Kier molecular flexibility index (Phi) is 5.06. The summed E-state index contributed by atoms with van der Waals surface area (Å²) in [4.78, 5) is 6.19. The number of rotatable bonds is 4. The number of nitrogens with zero attached hydrogens (tertiary/aromatic N) is 2. The molecule has 2 rings (SSSR count). The first-order valence-electron chi connectivity index (χ1n) is 5.77. The Labute approximate surface area is 127 Å². The van der Waals surface area contributed by atoms with Crippen LogP contribution in [0.25, 0.3) is 0 Å². The van der Waals surface area contributed by atoms with Gasteiger partial charge < -0.3 is 0 Å². The maximum Gasteiger partial charge on any atom is 0.130 e. The first-order chi connectivity index (χ1) is 9.04. The second kappa shape index (κ2) is 6.58. The van der Waals surface area contributed by atoms with Crippen LogP contribution in [-0.2, 0) is 13.1 Å². The maximum absolute atomic E-state index is 6.13. The highest BCUT2D eigenvalue weighted by atomic mass is 35.5. The summed E-state index contributed by atoms with van der Waals surface area (Å²) < 4.78 is 0. The molecule has 0 bridgehead atoms. The van der Waals surface area contributed by atoms with Gasteiger partial charge in [-0.05, 0) is 30.8 Å². The Morgan fingerprint density at radius 3 is 2.58 bits per heavy atom. The minimum atomic E-state index is 0.409. The summed E-state index contributed by atoms with van der Waals surface area (Å²) >= 11 is 17.9. The molecule has 0 aliphatic heterocycles. The lowest BCUT2D eigenvalue weighted by molar-refractivity contribution is 0.319. The highest BCUT2D eigenvalue weighted by Crippen LogP contribution is 2.20. The number of aromatic nitrogens is 1. The van der Waals surface area contributed by atoms with Gasteiger partial charge in [-0.2, -0.15) is 0 Å². The van der Waals surface area contributed by atoms with Crippen molar-refractivity contribution < 1.29 is 0 Å². The van der Waals surface area contributed by atoms with Crippen LogP contribution in [0, 0.1) is 0 Å². The van der Waals surface area contributed by atoms with Gasteiger partial charge in [0.15, 0.2) is 0 Å². The largest absolute Gasteiger partial charge is 0.298 e. The van der Waals surface area contributed by atoms with Crippen LogP contribution in [-0.4, -0.2) is 16.9 Å². The average molecular weight is 316 g/mol. The van der Waals surface area contributed by atoms with E-state index in [9.17, 15) is 0 Å². The molecule has 0 spiro atoms. The van der Waals surface area contributed by atoms with Gasteiger partial charge in [-0.15, -0.1) is 0 Å². The van der Waals surface area contributed by atoms with Crippen molar-refractivity contribution in [3.63, 3.8) is 0 Å². The van der Waals surface area contributed by atoms with Gasteiger partial charge >= 0.3 is 0 Å². The van der Waals surface area contributed by atoms with Crippen molar-refractivity contribution in [3.05, 3.63) is 62.9 Å². The van der Waals surface area contributed by atoms with Crippen LogP contribution in [0.1, 0.15) is 11.1 Å². The summed E-state index contributed by atoms with van der Waals surface area (Å²) in [5.74, 6) is 0. The molecule has 1 aromatic heterocycles. The molecule has 0 saturated carbocycles. The molecule has 2 aromatic rings. The molecule has 0 aliphatic carbocycles. The first-order valence-corrected chi connectivity index (χ1v) is 6.91. The lowest BCUT2D eigenvalue weighted by atomic mass is 10.2. The zero-order chi connectivity index (χ0) is 13.8. The lowest BCUT2D eigenvalue weighted by Crippen LogP contribution is -2.17. The number of pyridine rings is 1. The van der Waals surface area contributed by atoms with E-state index in [1.54, 1.807) is 12.3 Å². The molecule has 100 valence electrons. The lowest BCUT2D eigenvalue weighted by Gasteiger charge is -2.17. The fraction of sp³-hybridized carbons (Fsp3) is 0.214. The van der Waals surface area contributed by atoms with Crippen LogP contribution < -0.4 is 0 Å². The van der Waals surface area contributed by atoms with Crippen LogP contribution in [0.4, 0.5) is 0 Å². The Bertz CT molecular complexity index is 572. The molecule has 1 aromatic carbocycles. The van der Waals surface area contributed by atoms with E-state index < -0.39 is 0 Å². The second-order valence-electron chi connectivity index (χ2n) is 4.40. The quantitative estimate of drug-likeness (QED) is 0.762. The molecule has 2 nitrogen and oxygen atoms in total. The number of benzene rings is 1. The van der Waals surface area contributed by atoms with Gasteiger partial charge in [0, 0.05) is 34.9 Å². The van der Waals surface area contributed by atoms with E-state index in [0.29, 0.717) is 16.7 Å². The first kappa shape index (κ1) is 14.6. The molecule has 0 N–H and O–H groups in total. The summed E-state index contributed by atoms with van der Waals surface area (Å²) in [6.07, 6.45) is 1.71. The second-order valence-corrected chi connectivity index (χ2v) is 5.63. The standard InChI is InChI=1S/C14H13Cl3N2/c1-19(8-10-3-2-4-12(15)5-10)9-11-7-18-14(17)6-13(11)16/h2-7H,8-9H2,1H3. The van der Waals surface area contributed by atoms with Crippen LogP contribution in [0.5, 0.6) is 0 Å². The van der Waals surface area contributed by atoms with Gasteiger partial charge in [0.25, 0.3) is 0 Å². The molecule has 0 saturated heterocycles. The molecule has 0 amide bonds. The summed E-state index contributed by atoms with van der Waals surface area (Å²) in [5.41, 5.74) is 2.11. The smallest absolute Gasteiger partial charge is 0.130 e. The van der Waals surface area contributed by atoms with Crippen LogP contribution in [0.15, 0.2) is 36.5 Å². The Morgan fingerprint density at radius 1 is 1.11 bits per heavy atom. The van der Waals surface area contributed by atoms with Crippen molar-refractivity contribution in [2.75, 3.05) is 7.05 Å². The van der Waals surface area contributed by atoms with Gasteiger partial charge in [-0.3, -0.25) is 4.90 Å². The zero-order valence-electron chi connectivity index (χ0n) is 10.4. The van der Waals surface area contributed by atoms with Crippen molar-refractivity contribution in [1.82, 2.24) is 9.88 Å². The van der Waals surface area contributed by atoms with Crippen LogP contribution in [0.3, 0.4) is 0 Å². The molecule has 0 aliphatic rings. The van der Waals surface area contributed by atoms with E-state index in [2.05, 4.69) is 9.88 Å². The molecule has 0 radical (unpaired) electrons. The minimum absolute atomic E-state index is 0.409.